The van der Waals surface area contributed by atoms with Crippen LogP contribution in [0, 0.1) is 5.92 Å². The highest BCUT2D eigenvalue weighted by atomic mass is 16.5. The quantitative estimate of drug-likeness (QED) is 0.728. The molecular formula is C11H20N2O2. The third-order valence-electron chi connectivity index (χ3n) is 3.29. The maximum absolute atomic E-state index is 12.0. The van der Waals surface area contributed by atoms with Crippen LogP contribution in [0.3, 0.4) is 0 Å². The third-order valence-corrected chi connectivity index (χ3v) is 3.29. The SMILES string of the molecule is CN(CC1CCCO1)C(=O)C1CCNC1. The summed E-state index contributed by atoms with van der Waals surface area (Å²) in [6.45, 7) is 3.44. The molecule has 2 rings (SSSR count). The highest BCUT2D eigenvalue weighted by Gasteiger charge is 2.27. The molecule has 2 aliphatic heterocycles. The molecule has 15 heavy (non-hydrogen) atoms. The number of carbonyl (C=O) groups is 1. The van der Waals surface area contributed by atoms with Crippen LogP contribution in [0.1, 0.15) is 19.3 Å². The van der Waals surface area contributed by atoms with Gasteiger partial charge in [-0.3, -0.25) is 4.79 Å². The van der Waals surface area contributed by atoms with Crippen molar-refractivity contribution in [2.24, 2.45) is 5.92 Å². The van der Waals surface area contributed by atoms with Crippen molar-refractivity contribution in [3.63, 3.8) is 0 Å². The molecule has 0 aromatic rings. The predicted molar refractivity (Wildman–Crippen MR) is 57.6 cm³/mol. The molecule has 0 aromatic carbocycles. The number of likely N-dealkylation sites (N-methyl/N-ethyl adjacent to an activating group) is 1. The Morgan fingerprint density at radius 2 is 2.40 bits per heavy atom. The number of rotatable bonds is 3. The highest BCUT2D eigenvalue weighted by molar-refractivity contribution is 5.79. The molecule has 0 radical (unpaired) electrons. The van der Waals surface area contributed by atoms with Crippen molar-refractivity contribution >= 4 is 5.91 Å². The van der Waals surface area contributed by atoms with Crippen LogP contribution in [0.2, 0.25) is 0 Å². The van der Waals surface area contributed by atoms with E-state index >= 15 is 0 Å². The molecule has 0 aromatic heterocycles. The zero-order chi connectivity index (χ0) is 10.7. The summed E-state index contributed by atoms with van der Waals surface area (Å²) in [5, 5.41) is 3.22. The van der Waals surface area contributed by atoms with Crippen LogP contribution in [0.5, 0.6) is 0 Å². The van der Waals surface area contributed by atoms with Crippen LogP contribution in [0.25, 0.3) is 0 Å². The van der Waals surface area contributed by atoms with E-state index in [9.17, 15) is 4.79 Å². The van der Waals surface area contributed by atoms with Crippen LogP contribution in [0.4, 0.5) is 0 Å². The lowest BCUT2D eigenvalue weighted by atomic mass is 10.1. The van der Waals surface area contributed by atoms with Crippen molar-refractivity contribution in [3.05, 3.63) is 0 Å². The summed E-state index contributed by atoms with van der Waals surface area (Å²) in [5.41, 5.74) is 0. The fourth-order valence-corrected chi connectivity index (χ4v) is 2.36. The summed E-state index contributed by atoms with van der Waals surface area (Å²) in [6.07, 6.45) is 3.49. The number of nitrogens with one attached hydrogen (secondary N) is 1. The van der Waals surface area contributed by atoms with E-state index in [0.29, 0.717) is 0 Å². The van der Waals surface area contributed by atoms with Crippen molar-refractivity contribution in [1.82, 2.24) is 10.2 Å². The lowest BCUT2D eigenvalue weighted by Gasteiger charge is -2.23. The molecule has 2 unspecified atom stereocenters. The minimum atomic E-state index is 0.191. The second-order valence-electron chi connectivity index (χ2n) is 4.54. The van der Waals surface area contributed by atoms with Crippen molar-refractivity contribution in [2.75, 3.05) is 33.3 Å². The Bertz CT molecular complexity index is 221. The summed E-state index contributed by atoms with van der Waals surface area (Å²) in [4.78, 5) is 13.8. The van der Waals surface area contributed by atoms with E-state index < -0.39 is 0 Å². The van der Waals surface area contributed by atoms with Crippen molar-refractivity contribution in [2.45, 2.75) is 25.4 Å². The first-order valence-corrected chi connectivity index (χ1v) is 5.84. The van der Waals surface area contributed by atoms with Gasteiger partial charge in [-0.1, -0.05) is 0 Å². The van der Waals surface area contributed by atoms with E-state index in [-0.39, 0.29) is 17.9 Å². The second-order valence-corrected chi connectivity index (χ2v) is 4.54. The normalized spacial score (nSPS) is 30.7. The van der Waals surface area contributed by atoms with Crippen molar-refractivity contribution < 1.29 is 9.53 Å². The third kappa shape index (κ3) is 2.69. The zero-order valence-electron chi connectivity index (χ0n) is 9.37. The molecule has 1 N–H and O–H groups in total. The number of carbonyl (C=O) groups excluding carboxylic acids is 1. The number of nitrogens with zero attached hydrogens (tertiary/aromatic N) is 1. The Labute approximate surface area is 91.0 Å². The largest absolute Gasteiger partial charge is 0.376 e. The number of ether oxygens (including phenoxy) is 1. The number of hydrogen-bond acceptors (Lipinski definition) is 3. The molecule has 0 spiro atoms. The van der Waals surface area contributed by atoms with Gasteiger partial charge in [0.05, 0.1) is 12.0 Å². The molecule has 0 aliphatic carbocycles. The van der Waals surface area contributed by atoms with Gasteiger partial charge in [-0.2, -0.15) is 0 Å². The standard InChI is InChI=1S/C11H20N2O2/c1-13(8-10-3-2-6-15-10)11(14)9-4-5-12-7-9/h9-10,12H,2-8H2,1H3. The van der Waals surface area contributed by atoms with Crippen molar-refractivity contribution in [1.29, 1.82) is 0 Å². The van der Waals surface area contributed by atoms with Crippen LogP contribution in [-0.4, -0.2) is 50.2 Å². The van der Waals surface area contributed by atoms with Gasteiger partial charge in [0.2, 0.25) is 5.91 Å². The van der Waals surface area contributed by atoms with E-state index in [1.165, 1.54) is 0 Å². The fraction of sp³-hybridized carbons (Fsp3) is 0.909. The first kappa shape index (κ1) is 10.9. The van der Waals surface area contributed by atoms with E-state index in [2.05, 4.69) is 5.32 Å². The first-order chi connectivity index (χ1) is 7.27. The lowest BCUT2D eigenvalue weighted by Crippen LogP contribution is -2.38. The summed E-state index contributed by atoms with van der Waals surface area (Å²) < 4.78 is 5.53. The van der Waals surface area contributed by atoms with E-state index in [1.54, 1.807) is 0 Å². The van der Waals surface area contributed by atoms with Gasteiger partial charge >= 0.3 is 0 Å². The second kappa shape index (κ2) is 4.94. The van der Waals surface area contributed by atoms with Crippen LogP contribution < -0.4 is 5.32 Å². The van der Waals surface area contributed by atoms with Gasteiger partial charge in [0.15, 0.2) is 0 Å². The Kier molecular flexibility index (Phi) is 3.59. The number of hydrogen-bond donors (Lipinski definition) is 1. The van der Waals surface area contributed by atoms with E-state index in [4.69, 9.17) is 4.74 Å². The molecule has 2 heterocycles. The van der Waals surface area contributed by atoms with Crippen LogP contribution >= 0.6 is 0 Å². The molecule has 2 saturated heterocycles. The molecule has 86 valence electrons. The first-order valence-electron chi connectivity index (χ1n) is 5.84. The van der Waals surface area contributed by atoms with Gasteiger partial charge in [0, 0.05) is 26.7 Å². The average molecular weight is 212 g/mol. The molecule has 0 bridgehead atoms. The Balaban J connectivity index is 1.78. The highest BCUT2D eigenvalue weighted by Crippen LogP contribution is 2.15. The fourth-order valence-electron chi connectivity index (χ4n) is 2.36. The Morgan fingerprint density at radius 3 is 3.00 bits per heavy atom. The summed E-state index contributed by atoms with van der Waals surface area (Å²) >= 11 is 0. The van der Waals surface area contributed by atoms with Gasteiger partial charge in [-0.05, 0) is 25.8 Å². The predicted octanol–water partition coefficient (Wildman–Crippen LogP) is 0.233. The molecule has 2 atom stereocenters. The minimum Gasteiger partial charge on any atom is -0.376 e. The van der Waals surface area contributed by atoms with Crippen LogP contribution in [0.15, 0.2) is 0 Å². The van der Waals surface area contributed by atoms with E-state index in [1.807, 2.05) is 11.9 Å². The van der Waals surface area contributed by atoms with Crippen molar-refractivity contribution in [3.8, 4) is 0 Å². The topological polar surface area (TPSA) is 41.6 Å². The Hall–Kier alpha value is -0.610. The summed E-state index contributed by atoms with van der Waals surface area (Å²) in [6, 6.07) is 0. The molecular weight excluding hydrogens is 192 g/mol. The molecule has 4 nitrogen and oxygen atoms in total. The maximum atomic E-state index is 12.0. The summed E-state index contributed by atoms with van der Waals surface area (Å²) in [7, 11) is 1.89. The monoisotopic (exact) mass is 212 g/mol. The Morgan fingerprint density at radius 1 is 1.53 bits per heavy atom. The molecule has 2 fully saturated rings. The van der Waals surface area contributed by atoms with Gasteiger partial charge in [0.1, 0.15) is 0 Å². The van der Waals surface area contributed by atoms with E-state index in [0.717, 1.165) is 45.5 Å². The van der Waals surface area contributed by atoms with Gasteiger partial charge in [-0.15, -0.1) is 0 Å². The smallest absolute Gasteiger partial charge is 0.226 e. The lowest BCUT2D eigenvalue weighted by molar-refractivity contribution is -0.134. The maximum Gasteiger partial charge on any atom is 0.226 e. The average Bonchev–Trinajstić information content (AvgIpc) is 2.88. The van der Waals surface area contributed by atoms with Gasteiger partial charge < -0.3 is 15.0 Å². The number of amides is 1. The van der Waals surface area contributed by atoms with Gasteiger partial charge in [0.25, 0.3) is 0 Å². The van der Waals surface area contributed by atoms with Crippen LogP contribution in [-0.2, 0) is 9.53 Å². The van der Waals surface area contributed by atoms with Gasteiger partial charge in [-0.25, -0.2) is 0 Å². The molecule has 2 aliphatic rings. The molecule has 1 amide bonds. The minimum absolute atomic E-state index is 0.191. The molecule has 4 heteroatoms. The molecule has 0 saturated carbocycles. The zero-order valence-corrected chi connectivity index (χ0v) is 9.37. The summed E-state index contributed by atoms with van der Waals surface area (Å²) in [5.74, 6) is 0.465.